The summed E-state index contributed by atoms with van der Waals surface area (Å²) in [7, 11) is 1.33. The maximum Gasteiger partial charge on any atom is 0.356 e. The topological polar surface area (TPSA) is 164 Å². The number of oxime groups is 1. The van der Waals surface area contributed by atoms with Gasteiger partial charge >= 0.3 is 5.97 Å². The molecule has 2 aliphatic rings. The minimum Gasteiger partial charge on any atom is -0.503 e. The van der Waals surface area contributed by atoms with Crippen LogP contribution in [0.25, 0.3) is 0 Å². The highest BCUT2D eigenvalue weighted by atomic mass is 32.2. The van der Waals surface area contributed by atoms with Crippen molar-refractivity contribution in [1.29, 1.82) is 0 Å². The van der Waals surface area contributed by atoms with Gasteiger partial charge in [-0.05, 0) is 33.4 Å². The van der Waals surface area contributed by atoms with E-state index in [0.717, 1.165) is 27.8 Å². The number of benzene rings is 5. The maximum absolute atomic E-state index is 14.6. The molecule has 2 aliphatic heterocycles. The average molecular weight is 941 g/mol. The number of thiazole rings is 1. The number of β-lactam (4-membered cyclic amide) rings is 1. The Labute approximate surface area is 400 Å². The Bertz CT molecular complexity index is 2940. The van der Waals surface area contributed by atoms with Crippen LogP contribution in [0.2, 0.25) is 0 Å². The largest absolute Gasteiger partial charge is 0.503 e. The molecule has 3 N–H and O–H groups in total. The fraction of sp³-hybridized carbons (Fsp3) is 0.132. The number of allylic oxidation sites excluding steroid dienone is 2. The average Bonchev–Trinajstić information content (AvgIpc) is 3.85. The van der Waals surface area contributed by atoms with Crippen LogP contribution in [0.15, 0.2) is 209 Å². The first-order valence-electron chi connectivity index (χ1n) is 21.6. The van der Waals surface area contributed by atoms with Gasteiger partial charge < -0.3 is 29.9 Å². The van der Waals surface area contributed by atoms with Crippen LogP contribution in [0, 0.1) is 0 Å². The van der Waals surface area contributed by atoms with Crippen molar-refractivity contribution in [2.45, 2.75) is 29.6 Å². The van der Waals surface area contributed by atoms with Crippen LogP contribution in [0.1, 0.15) is 39.6 Å². The second-order valence-corrected chi connectivity index (χ2v) is 17.7. The second-order valence-electron chi connectivity index (χ2n) is 15.8. The monoisotopic (exact) mass is 940 g/mol. The molecule has 13 nitrogen and oxygen atoms in total. The number of nitrogens with one attached hydrogen (secondary N) is 2. The van der Waals surface area contributed by atoms with Gasteiger partial charge in [-0.3, -0.25) is 19.3 Å². The number of pyridine rings is 1. The molecular weight excluding hydrogens is 897 g/mol. The van der Waals surface area contributed by atoms with Crippen LogP contribution in [0.3, 0.4) is 0 Å². The molecule has 2 atom stereocenters. The molecule has 0 spiro atoms. The summed E-state index contributed by atoms with van der Waals surface area (Å²) in [6, 6.07) is 49.0. The minimum atomic E-state index is -1.04. The molecule has 0 bridgehead atoms. The van der Waals surface area contributed by atoms with E-state index < -0.39 is 52.0 Å². The molecule has 2 aromatic heterocycles. The van der Waals surface area contributed by atoms with E-state index in [1.165, 1.54) is 53.6 Å². The first-order valence-corrected chi connectivity index (χ1v) is 23.5. The van der Waals surface area contributed by atoms with Crippen LogP contribution < -0.4 is 16.1 Å². The van der Waals surface area contributed by atoms with Crippen LogP contribution in [-0.4, -0.2) is 67.3 Å². The highest BCUT2D eigenvalue weighted by molar-refractivity contribution is 8.00. The molecular formula is C53H44N6O7S2. The number of rotatable bonds is 16. The predicted octanol–water partition coefficient (Wildman–Crippen LogP) is 8.01. The number of esters is 1. The Morgan fingerprint density at radius 1 is 0.838 bits per heavy atom. The lowest BCUT2D eigenvalue weighted by atomic mass is 9.77. The Hall–Kier alpha value is -8.01. The third-order valence-corrected chi connectivity index (χ3v) is 13.6. The summed E-state index contributed by atoms with van der Waals surface area (Å²) in [5.41, 5.74) is 3.63. The van der Waals surface area contributed by atoms with E-state index in [0.29, 0.717) is 10.7 Å². The number of aromatic nitrogens is 2. The van der Waals surface area contributed by atoms with Gasteiger partial charge in [-0.1, -0.05) is 169 Å². The number of carbonyl (C=O) groups is 3. The fourth-order valence-electron chi connectivity index (χ4n) is 8.34. The van der Waals surface area contributed by atoms with Gasteiger partial charge in [-0.2, -0.15) is 0 Å². The smallest absolute Gasteiger partial charge is 0.356 e. The molecule has 15 heteroatoms. The van der Waals surface area contributed by atoms with Gasteiger partial charge in [0, 0.05) is 29.9 Å². The van der Waals surface area contributed by atoms with Crippen molar-refractivity contribution in [3.8, 4) is 5.75 Å². The predicted molar refractivity (Wildman–Crippen MR) is 263 cm³/mol. The molecule has 68 heavy (non-hydrogen) atoms. The Morgan fingerprint density at radius 2 is 1.40 bits per heavy atom. The van der Waals surface area contributed by atoms with E-state index >= 15 is 0 Å². The number of ether oxygens (including phenoxy) is 1. The lowest BCUT2D eigenvalue weighted by Gasteiger charge is -2.49. The number of hydrogen-bond acceptors (Lipinski definition) is 12. The summed E-state index contributed by atoms with van der Waals surface area (Å²) in [6.07, 6.45) is 5.55. The van der Waals surface area contributed by atoms with E-state index in [9.17, 15) is 24.3 Å². The van der Waals surface area contributed by atoms with Crippen LogP contribution >= 0.6 is 23.1 Å². The zero-order valence-corrected chi connectivity index (χ0v) is 38.2. The minimum absolute atomic E-state index is 0.0415. The quantitative estimate of drug-likeness (QED) is 0.0284. The summed E-state index contributed by atoms with van der Waals surface area (Å²) in [4.78, 5) is 66.4. The first-order chi connectivity index (χ1) is 33.2. The molecule has 9 rings (SSSR count). The van der Waals surface area contributed by atoms with Crippen molar-refractivity contribution in [2.24, 2.45) is 5.16 Å². The van der Waals surface area contributed by atoms with E-state index in [4.69, 9.17) is 14.6 Å². The van der Waals surface area contributed by atoms with Crippen LogP contribution in [0.4, 0.5) is 5.13 Å². The molecule has 0 saturated carbocycles. The van der Waals surface area contributed by atoms with Crippen molar-refractivity contribution in [3.63, 3.8) is 0 Å². The van der Waals surface area contributed by atoms with E-state index in [1.54, 1.807) is 22.1 Å². The van der Waals surface area contributed by atoms with Gasteiger partial charge in [0.05, 0.1) is 6.20 Å². The van der Waals surface area contributed by atoms with Crippen LogP contribution in [-0.2, 0) is 36.0 Å². The number of anilines is 1. The molecule has 340 valence electrons. The van der Waals surface area contributed by atoms with Gasteiger partial charge in [0.15, 0.2) is 22.7 Å². The Kier molecular flexibility index (Phi) is 13.4. The van der Waals surface area contributed by atoms with Crippen molar-refractivity contribution >= 4 is 51.7 Å². The molecule has 2 unspecified atom stereocenters. The van der Waals surface area contributed by atoms with E-state index in [1.807, 2.05) is 115 Å². The molecule has 0 aliphatic carbocycles. The van der Waals surface area contributed by atoms with Crippen LogP contribution in [0.5, 0.6) is 5.75 Å². The number of nitrogens with zero attached hydrogens (tertiary/aromatic N) is 4. The molecule has 1 saturated heterocycles. The highest BCUT2D eigenvalue weighted by Crippen LogP contribution is 2.43. The standard InChI is InChI=1S/C53H44N6O7S2/c1-65-57-44(41-34-68-52(54-41)56-53(38-23-11-4-12-24-38,39-25-13-5-14-26-39)40-27-15-6-16-28-40)48(62)55-45-49(63)59-46(37(33-67-50(45)59)22-17-30-58-31-29-42(60)43(61)32-58)51(64)66-47(35-18-7-2-8-19-35)36-20-9-3-10-21-36/h2-29,31-32,34,45,47,50,61H,30,33H2,1H3,(H,54,56)(H,55,62)/b22-17+,57-44-. The first kappa shape index (κ1) is 45.2. The van der Waals surface area contributed by atoms with Gasteiger partial charge in [-0.15, -0.1) is 23.1 Å². The molecule has 1 fully saturated rings. The zero-order valence-electron chi connectivity index (χ0n) is 36.5. The van der Waals surface area contributed by atoms with Gasteiger partial charge in [0.25, 0.3) is 11.8 Å². The molecule has 5 aromatic carbocycles. The van der Waals surface area contributed by atoms with Gasteiger partial charge in [-0.25, -0.2) is 9.78 Å². The van der Waals surface area contributed by atoms with E-state index in [-0.39, 0.29) is 29.4 Å². The molecule has 4 heterocycles. The number of fused-ring (bicyclic) bond motifs is 1. The fourth-order valence-corrected chi connectivity index (χ4v) is 10.4. The van der Waals surface area contributed by atoms with Crippen molar-refractivity contribution < 1.29 is 29.1 Å². The second kappa shape index (κ2) is 20.2. The number of thioether (sulfide) groups is 1. The number of carbonyl (C=O) groups excluding carboxylic acids is 3. The Balaban J connectivity index is 0.990. The molecule has 7 aromatic rings. The van der Waals surface area contributed by atoms with Gasteiger partial charge in [0.2, 0.25) is 5.43 Å². The highest BCUT2D eigenvalue weighted by Gasteiger charge is 2.55. The molecule has 2 amide bonds. The molecule has 0 radical (unpaired) electrons. The number of aromatic hydroxyl groups is 1. The number of hydrogen-bond donors (Lipinski definition) is 3. The van der Waals surface area contributed by atoms with Crippen molar-refractivity contribution in [2.75, 3.05) is 18.2 Å². The zero-order chi connectivity index (χ0) is 47.0. The SMILES string of the molecule is CO/N=C(\C(=O)NC1C(=O)N2C(C(=O)OC(c3ccccc3)c3ccccc3)=C(/C=C/Cn3ccc(=O)c(O)c3)CSC12)c1csc(NC(c2ccccc2)(c2ccccc2)c2ccccc2)n1. The third kappa shape index (κ3) is 9.21. The van der Waals surface area contributed by atoms with Crippen molar-refractivity contribution in [1.82, 2.24) is 19.8 Å². The lowest BCUT2D eigenvalue weighted by molar-refractivity contribution is -0.154. The maximum atomic E-state index is 14.6. The van der Waals surface area contributed by atoms with E-state index in [2.05, 4.69) is 52.2 Å². The summed E-state index contributed by atoms with van der Waals surface area (Å²) in [6.45, 7) is 0.248. The Morgan fingerprint density at radius 3 is 1.94 bits per heavy atom. The normalized spacial score (nSPS) is 16.0. The third-order valence-electron chi connectivity index (χ3n) is 11.6. The van der Waals surface area contributed by atoms with Gasteiger partial charge in [0.1, 0.15) is 35.5 Å². The summed E-state index contributed by atoms with van der Waals surface area (Å²) in [5.74, 6) is -2.06. The lowest BCUT2D eigenvalue weighted by Crippen LogP contribution is -2.71. The number of amides is 2. The van der Waals surface area contributed by atoms with Crippen molar-refractivity contribution in [3.05, 3.63) is 243 Å². The summed E-state index contributed by atoms with van der Waals surface area (Å²) >= 11 is 2.67. The summed E-state index contributed by atoms with van der Waals surface area (Å²) < 4.78 is 7.92. The summed E-state index contributed by atoms with van der Waals surface area (Å²) in [5, 5.41) is 22.2.